The lowest BCUT2D eigenvalue weighted by Crippen LogP contribution is -2.13. The van der Waals surface area contributed by atoms with Crippen LogP contribution in [0.5, 0.6) is 0 Å². The molecule has 41 heavy (non-hydrogen) atoms. The van der Waals surface area contributed by atoms with Crippen LogP contribution in [0.15, 0.2) is 42.5 Å². The van der Waals surface area contributed by atoms with Crippen LogP contribution < -0.4 is 0 Å². The van der Waals surface area contributed by atoms with Gasteiger partial charge in [0.05, 0.1) is 0 Å². The Labute approximate surface area is 238 Å². The van der Waals surface area contributed by atoms with Gasteiger partial charge in [0.25, 0.3) is 0 Å². The standard InChI is InChI=1S/C34H37F5O2/c1-2-3-4-5-6-7-8-9-21-10-12-22(13-11-21)23-14-16-24(17-15-23)26-20-27(35)31(34(40)41)33(39)30(26)25-18-28(36)32(38)29(37)19-25/h14-22H,2-13H2,1H3,(H,40,41). The Bertz CT molecular complexity index is 1320. The fourth-order valence-electron chi connectivity index (χ4n) is 6.13. The van der Waals surface area contributed by atoms with E-state index in [0.29, 0.717) is 23.6 Å². The topological polar surface area (TPSA) is 37.3 Å². The number of aromatic carboxylic acids is 1. The zero-order chi connectivity index (χ0) is 29.5. The van der Waals surface area contributed by atoms with Crippen LogP contribution in [0.25, 0.3) is 22.3 Å². The molecule has 0 heterocycles. The molecule has 1 fully saturated rings. The Kier molecular flexibility index (Phi) is 10.6. The lowest BCUT2D eigenvalue weighted by molar-refractivity contribution is 0.0686. The van der Waals surface area contributed by atoms with Crippen LogP contribution in [0.1, 0.15) is 106 Å². The number of carbonyl (C=O) groups is 1. The molecule has 0 aliphatic heterocycles. The highest BCUT2D eigenvalue weighted by molar-refractivity contribution is 5.94. The smallest absolute Gasteiger partial charge is 0.341 e. The van der Waals surface area contributed by atoms with E-state index in [1.165, 1.54) is 64.2 Å². The minimum absolute atomic E-state index is 0.0830. The van der Waals surface area contributed by atoms with Crippen LogP contribution in [0.2, 0.25) is 0 Å². The van der Waals surface area contributed by atoms with Gasteiger partial charge in [-0.15, -0.1) is 0 Å². The predicted octanol–water partition coefficient (Wildman–Crippen LogP) is 10.8. The van der Waals surface area contributed by atoms with E-state index in [1.54, 1.807) is 12.1 Å². The Morgan fingerprint density at radius 3 is 1.90 bits per heavy atom. The molecule has 0 unspecified atom stereocenters. The second-order valence-corrected chi connectivity index (χ2v) is 11.3. The minimum Gasteiger partial charge on any atom is -0.477 e. The minimum atomic E-state index is -1.87. The Balaban J connectivity index is 1.49. The van der Waals surface area contributed by atoms with Crippen molar-refractivity contribution in [2.45, 2.75) is 89.9 Å². The summed E-state index contributed by atoms with van der Waals surface area (Å²) in [6.07, 6.45) is 14.9. The maximum Gasteiger partial charge on any atom is 0.341 e. The summed E-state index contributed by atoms with van der Waals surface area (Å²) in [6, 6.07) is 9.10. The summed E-state index contributed by atoms with van der Waals surface area (Å²) in [5.74, 6) is -8.42. The number of rotatable bonds is 12. The summed E-state index contributed by atoms with van der Waals surface area (Å²) in [4.78, 5) is 11.5. The number of carboxylic acid groups (broad SMARTS) is 1. The molecule has 1 aliphatic rings. The van der Waals surface area contributed by atoms with Gasteiger partial charge in [-0.1, -0.05) is 82.6 Å². The van der Waals surface area contributed by atoms with Gasteiger partial charge in [-0.25, -0.2) is 26.7 Å². The third-order valence-corrected chi connectivity index (χ3v) is 8.46. The Morgan fingerprint density at radius 2 is 1.32 bits per heavy atom. The highest BCUT2D eigenvalue weighted by Gasteiger charge is 2.27. The van der Waals surface area contributed by atoms with Crippen LogP contribution in [-0.4, -0.2) is 11.1 Å². The molecule has 2 nitrogen and oxygen atoms in total. The van der Waals surface area contributed by atoms with Gasteiger partial charge in [-0.3, -0.25) is 0 Å². The van der Waals surface area contributed by atoms with Crippen LogP contribution in [0.3, 0.4) is 0 Å². The molecule has 1 N–H and O–H groups in total. The largest absolute Gasteiger partial charge is 0.477 e. The first-order valence-electron chi connectivity index (χ1n) is 14.7. The van der Waals surface area contributed by atoms with Crippen LogP contribution in [0.4, 0.5) is 22.0 Å². The van der Waals surface area contributed by atoms with Crippen LogP contribution in [0, 0.1) is 35.0 Å². The van der Waals surface area contributed by atoms with E-state index in [1.807, 2.05) is 12.1 Å². The van der Waals surface area contributed by atoms with E-state index < -0.39 is 51.7 Å². The van der Waals surface area contributed by atoms with E-state index in [-0.39, 0.29) is 5.56 Å². The maximum absolute atomic E-state index is 15.4. The van der Waals surface area contributed by atoms with Gasteiger partial charge in [0.1, 0.15) is 17.2 Å². The average molecular weight is 573 g/mol. The molecule has 0 atom stereocenters. The highest BCUT2D eigenvalue weighted by atomic mass is 19.2. The molecule has 0 radical (unpaired) electrons. The number of halogens is 5. The number of unbranched alkanes of at least 4 members (excludes halogenated alkanes) is 6. The lowest BCUT2D eigenvalue weighted by atomic mass is 9.77. The molecule has 0 saturated heterocycles. The van der Waals surface area contributed by atoms with E-state index in [0.717, 1.165) is 30.4 Å². The van der Waals surface area contributed by atoms with Gasteiger partial charge in [0.15, 0.2) is 17.5 Å². The monoisotopic (exact) mass is 572 g/mol. The second kappa shape index (κ2) is 14.1. The van der Waals surface area contributed by atoms with E-state index >= 15 is 4.39 Å². The van der Waals surface area contributed by atoms with Gasteiger partial charge in [-0.05, 0) is 78.0 Å². The van der Waals surface area contributed by atoms with Gasteiger partial charge in [0.2, 0.25) is 0 Å². The molecule has 0 amide bonds. The van der Waals surface area contributed by atoms with Crippen molar-refractivity contribution in [3.05, 3.63) is 82.7 Å². The summed E-state index contributed by atoms with van der Waals surface area (Å²) < 4.78 is 71.8. The zero-order valence-electron chi connectivity index (χ0n) is 23.4. The number of benzene rings is 3. The molecule has 1 aliphatic carbocycles. The van der Waals surface area contributed by atoms with Gasteiger partial charge < -0.3 is 5.11 Å². The van der Waals surface area contributed by atoms with Crippen molar-refractivity contribution in [1.29, 1.82) is 0 Å². The van der Waals surface area contributed by atoms with E-state index in [4.69, 9.17) is 0 Å². The predicted molar refractivity (Wildman–Crippen MR) is 151 cm³/mol. The summed E-state index contributed by atoms with van der Waals surface area (Å²) in [6.45, 7) is 2.23. The molecule has 3 aromatic carbocycles. The van der Waals surface area contributed by atoms with E-state index in [2.05, 4.69) is 6.92 Å². The summed E-state index contributed by atoms with van der Waals surface area (Å²) in [5.41, 5.74) is -0.831. The van der Waals surface area contributed by atoms with Gasteiger partial charge >= 0.3 is 5.97 Å². The summed E-state index contributed by atoms with van der Waals surface area (Å²) >= 11 is 0. The lowest BCUT2D eigenvalue weighted by Gasteiger charge is -2.29. The summed E-state index contributed by atoms with van der Waals surface area (Å²) in [5, 5.41) is 9.34. The summed E-state index contributed by atoms with van der Waals surface area (Å²) in [7, 11) is 0. The van der Waals surface area contributed by atoms with Gasteiger partial charge in [-0.2, -0.15) is 0 Å². The van der Waals surface area contributed by atoms with Gasteiger partial charge in [0, 0.05) is 5.56 Å². The molecular formula is C34H37F5O2. The molecule has 0 aromatic heterocycles. The number of hydrogen-bond donors (Lipinski definition) is 1. The van der Waals surface area contributed by atoms with Crippen molar-refractivity contribution in [2.24, 2.45) is 5.92 Å². The van der Waals surface area contributed by atoms with Crippen molar-refractivity contribution in [3.8, 4) is 22.3 Å². The van der Waals surface area contributed by atoms with Crippen molar-refractivity contribution < 1.29 is 31.9 Å². The first-order valence-corrected chi connectivity index (χ1v) is 14.7. The van der Waals surface area contributed by atoms with Crippen molar-refractivity contribution in [2.75, 3.05) is 0 Å². The van der Waals surface area contributed by atoms with Crippen LogP contribution in [-0.2, 0) is 0 Å². The first kappa shape index (κ1) is 30.7. The molecule has 220 valence electrons. The maximum atomic E-state index is 15.4. The fraction of sp³-hybridized carbons (Fsp3) is 0.441. The van der Waals surface area contributed by atoms with E-state index in [9.17, 15) is 27.5 Å². The Hall–Kier alpha value is -3.22. The number of carboxylic acids is 1. The first-order chi connectivity index (χ1) is 19.7. The SMILES string of the molecule is CCCCCCCCCC1CCC(c2ccc(-c3cc(F)c(C(=O)O)c(F)c3-c3cc(F)c(F)c(F)c3)cc2)CC1. The molecule has 1 saturated carbocycles. The molecular weight excluding hydrogens is 535 g/mol. The van der Waals surface area contributed by atoms with Crippen LogP contribution >= 0.6 is 0 Å². The third kappa shape index (κ3) is 7.35. The fourth-order valence-corrected chi connectivity index (χ4v) is 6.13. The van der Waals surface area contributed by atoms with Crippen molar-refractivity contribution in [1.82, 2.24) is 0 Å². The molecule has 3 aromatic rings. The normalized spacial score (nSPS) is 17.1. The molecule has 7 heteroatoms. The molecule has 0 bridgehead atoms. The highest BCUT2D eigenvalue weighted by Crippen LogP contribution is 2.41. The van der Waals surface area contributed by atoms with Crippen molar-refractivity contribution >= 4 is 5.97 Å². The van der Waals surface area contributed by atoms with Crippen molar-refractivity contribution in [3.63, 3.8) is 0 Å². The Morgan fingerprint density at radius 1 is 0.732 bits per heavy atom. The molecule has 4 rings (SSSR count). The zero-order valence-corrected chi connectivity index (χ0v) is 23.4. The molecule has 0 spiro atoms. The number of hydrogen-bond acceptors (Lipinski definition) is 1. The quantitative estimate of drug-likeness (QED) is 0.133. The average Bonchev–Trinajstić information content (AvgIpc) is 2.95. The second-order valence-electron chi connectivity index (χ2n) is 11.3. The third-order valence-electron chi connectivity index (χ3n) is 8.46.